The highest BCUT2D eigenvalue weighted by Gasteiger charge is 2.44. The first-order valence-electron chi connectivity index (χ1n) is 14.6. The number of rotatable bonds is 12. The molecule has 13 nitrogen and oxygen atoms in total. The Morgan fingerprint density at radius 2 is 1.91 bits per heavy atom. The third kappa shape index (κ3) is 7.56. The number of nitrogens with one attached hydrogen (secondary N) is 2. The minimum absolute atomic E-state index is 0.0432. The summed E-state index contributed by atoms with van der Waals surface area (Å²) in [5, 5.41) is 16.7. The van der Waals surface area contributed by atoms with Crippen molar-refractivity contribution in [3.63, 3.8) is 0 Å². The molecule has 0 spiro atoms. The number of amides is 2. The molecule has 2 aliphatic rings. The molecule has 44 heavy (non-hydrogen) atoms. The SMILES string of the molecule is CC(=O)Nc1nc2ccc(S(=O)(=O)N(CC(C)C)C[C@@H](O)[C@H](Cc3ccccc3)NC(=O)OC3CO[C@H]4OCC[C@@H]34)cc2o1. The molecule has 1 unspecified atom stereocenters. The summed E-state index contributed by atoms with van der Waals surface area (Å²) >= 11 is 0. The lowest BCUT2D eigenvalue weighted by Gasteiger charge is -2.31. The quantitative estimate of drug-likeness (QED) is 0.270. The molecule has 0 radical (unpaired) electrons. The average Bonchev–Trinajstić information content (AvgIpc) is 3.69. The van der Waals surface area contributed by atoms with Crippen molar-refractivity contribution in [2.75, 3.05) is 31.6 Å². The van der Waals surface area contributed by atoms with Crippen molar-refractivity contribution in [2.45, 2.75) is 63.0 Å². The molecule has 5 atom stereocenters. The molecule has 2 fully saturated rings. The predicted molar refractivity (Wildman–Crippen MR) is 159 cm³/mol. The lowest BCUT2D eigenvalue weighted by atomic mass is 10.0. The van der Waals surface area contributed by atoms with Crippen LogP contribution in [0.2, 0.25) is 0 Å². The highest BCUT2D eigenvalue weighted by Crippen LogP contribution is 2.33. The second-order valence-corrected chi connectivity index (χ2v) is 13.5. The van der Waals surface area contributed by atoms with Crippen molar-refractivity contribution in [2.24, 2.45) is 11.8 Å². The number of alkyl carbamates (subject to hydrolysis) is 1. The first-order chi connectivity index (χ1) is 21.0. The fourth-order valence-corrected chi connectivity index (χ4v) is 7.09. The molecule has 14 heteroatoms. The zero-order valence-electron chi connectivity index (χ0n) is 24.8. The van der Waals surface area contributed by atoms with Gasteiger partial charge in [0.05, 0.1) is 36.2 Å². The van der Waals surface area contributed by atoms with Gasteiger partial charge in [-0.15, -0.1) is 0 Å². The number of hydrogen-bond donors (Lipinski definition) is 3. The number of aliphatic hydroxyl groups excluding tert-OH is 1. The molecular formula is C30H38N4O9S. The van der Waals surface area contributed by atoms with Gasteiger partial charge in [-0.3, -0.25) is 10.1 Å². The molecule has 2 saturated heterocycles. The number of carbonyl (C=O) groups excluding carboxylic acids is 2. The van der Waals surface area contributed by atoms with Gasteiger partial charge in [0.1, 0.15) is 11.6 Å². The van der Waals surface area contributed by atoms with E-state index in [-0.39, 0.29) is 66.6 Å². The molecular weight excluding hydrogens is 592 g/mol. The summed E-state index contributed by atoms with van der Waals surface area (Å²) in [5.41, 5.74) is 1.39. The van der Waals surface area contributed by atoms with Crippen molar-refractivity contribution in [3.05, 3.63) is 54.1 Å². The van der Waals surface area contributed by atoms with Crippen LogP contribution in [0.3, 0.4) is 0 Å². The molecule has 0 saturated carbocycles. The van der Waals surface area contributed by atoms with Gasteiger partial charge in [0.25, 0.3) is 0 Å². The minimum Gasteiger partial charge on any atom is -0.443 e. The van der Waals surface area contributed by atoms with Crippen molar-refractivity contribution in [1.82, 2.24) is 14.6 Å². The van der Waals surface area contributed by atoms with Crippen LogP contribution in [-0.2, 0) is 35.4 Å². The third-order valence-corrected chi connectivity index (χ3v) is 9.38. The van der Waals surface area contributed by atoms with Crippen LogP contribution in [0.25, 0.3) is 11.1 Å². The van der Waals surface area contributed by atoms with E-state index in [1.54, 1.807) is 0 Å². The lowest BCUT2D eigenvalue weighted by molar-refractivity contribution is -0.114. The molecule has 1 aromatic heterocycles. The van der Waals surface area contributed by atoms with Crippen LogP contribution in [0.5, 0.6) is 0 Å². The van der Waals surface area contributed by atoms with E-state index in [4.69, 9.17) is 18.6 Å². The van der Waals surface area contributed by atoms with Gasteiger partial charge in [0.2, 0.25) is 15.9 Å². The van der Waals surface area contributed by atoms with Crippen LogP contribution < -0.4 is 10.6 Å². The van der Waals surface area contributed by atoms with Crippen LogP contribution >= 0.6 is 0 Å². The summed E-state index contributed by atoms with van der Waals surface area (Å²) in [6.07, 6.45) is -1.93. The molecule has 2 aliphatic heterocycles. The standard InChI is InChI=1S/C30H38N4O9S/c1-18(2)15-34(44(38,39)21-9-10-23-26(14-21)42-29(32-23)31-19(3)35)16-25(36)24(13-20-7-5-4-6-8-20)33-30(37)43-27-17-41-28-22(27)11-12-40-28/h4-10,14,18,22,24-25,27-28,36H,11-13,15-17H2,1-3H3,(H,33,37)(H,31,32,35)/t22-,24-,25+,27?,28+/m0/s1. The van der Waals surface area contributed by atoms with Crippen molar-refractivity contribution in [1.29, 1.82) is 0 Å². The Kier molecular flexibility index (Phi) is 9.85. The highest BCUT2D eigenvalue weighted by molar-refractivity contribution is 7.89. The van der Waals surface area contributed by atoms with Crippen molar-refractivity contribution >= 4 is 39.1 Å². The van der Waals surface area contributed by atoms with Gasteiger partial charge < -0.3 is 29.1 Å². The van der Waals surface area contributed by atoms with Crippen molar-refractivity contribution in [3.8, 4) is 0 Å². The molecule has 0 aliphatic carbocycles. The van der Waals surface area contributed by atoms with E-state index in [2.05, 4.69) is 15.6 Å². The Morgan fingerprint density at radius 3 is 2.64 bits per heavy atom. The van der Waals surface area contributed by atoms with E-state index in [9.17, 15) is 23.1 Å². The summed E-state index contributed by atoms with van der Waals surface area (Å²) in [6, 6.07) is 12.6. The number of aromatic nitrogens is 1. The number of fused-ring (bicyclic) bond motifs is 2. The summed E-state index contributed by atoms with van der Waals surface area (Å²) in [5.74, 6) is -0.509. The van der Waals surface area contributed by atoms with Crippen LogP contribution in [0, 0.1) is 11.8 Å². The Hall–Kier alpha value is -3.56. The number of oxazole rings is 1. The number of sulfonamides is 1. The first kappa shape index (κ1) is 31.9. The number of carbonyl (C=O) groups is 2. The van der Waals surface area contributed by atoms with Gasteiger partial charge in [0, 0.05) is 26.1 Å². The lowest BCUT2D eigenvalue weighted by Crippen LogP contribution is -2.51. The third-order valence-electron chi connectivity index (χ3n) is 7.55. The van der Waals surface area contributed by atoms with Crippen molar-refractivity contribution < 1.29 is 41.7 Å². The van der Waals surface area contributed by atoms with E-state index in [0.29, 0.717) is 12.1 Å². The second kappa shape index (κ2) is 13.6. The topological polar surface area (TPSA) is 170 Å². The predicted octanol–water partition coefficient (Wildman–Crippen LogP) is 2.89. The number of hydrogen-bond acceptors (Lipinski definition) is 10. The van der Waals surface area contributed by atoms with Crippen LogP contribution in [0.15, 0.2) is 57.8 Å². The minimum atomic E-state index is -4.14. The number of benzene rings is 2. The monoisotopic (exact) mass is 630 g/mol. The van der Waals surface area contributed by atoms with E-state index < -0.39 is 34.4 Å². The summed E-state index contributed by atoms with van der Waals surface area (Å²) in [7, 11) is -4.14. The largest absolute Gasteiger partial charge is 0.443 e. The molecule has 3 N–H and O–H groups in total. The van der Waals surface area contributed by atoms with Gasteiger partial charge in [0.15, 0.2) is 11.9 Å². The maximum atomic E-state index is 13.9. The average molecular weight is 631 g/mol. The second-order valence-electron chi connectivity index (χ2n) is 11.5. The fraction of sp³-hybridized carbons (Fsp3) is 0.500. The Bertz CT molecular complexity index is 1560. The summed E-state index contributed by atoms with van der Waals surface area (Å²) in [4.78, 5) is 28.5. The van der Waals surface area contributed by atoms with Gasteiger partial charge in [-0.1, -0.05) is 44.2 Å². The van der Waals surface area contributed by atoms with Crippen LogP contribution in [-0.4, -0.2) is 85.7 Å². The van der Waals surface area contributed by atoms with Gasteiger partial charge >= 0.3 is 12.1 Å². The Morgan fingerprint density at radius 1 is 1.14 bits per heavy atom. The molecule has 2 amide bonds. The molecule has 0 bridgehead atoms. The number of ether oxygens (including phenoxy) is 3. The van der Waals surface area contributed by atoms with E-state index in [1.807, 2.05) is 44.2 Å². The summed E-state index contributed by atoms with van der Waals surface area (Å²) in [6.45, 7) is 5.61. The highest BCUT2D eigenvalue weighted by atomic mass is 32.2. The number of nitrogens with zero attached hydrogens (tertiary/aromatic N) is 2. The maximum absolute atomic E-state index is 13.9. The normalized spacial score (nSPS) is 21.4. The smallest absolute Gasteiger partial charge is 0.407 e. The fourth-order valence-electron chi connectivity index (χ4n) is 5.45. The Balaban J connectivity index is 1.35. The van der Waals surface area contributed by atoms with Crippen LogP contribution in [0.1, 0.15) is 32.8 Å². The molecule has 3 aromatic rings. The first-order valence-corrected chi connectivity index (χ1v) is 16.0. The Labute approximate surface area is 255 Å². The maximum Gasteiger partial charge on any atom is 0.407 e. The molecule has 5 rings (SSSR count). The van der Waals surface area contributed by atoms with Gasteiger partial charge in [-0.05, 0) is 36.5 Å². The number of aliphatic hydroxyl groups is 1. The number of anilines is 1. The van der Waals surface area contributed by atoms with Gasteiger partial charge in [-0.25, -0.2) is 13.2 Å². The van der Waals surface area contributed by atoms with E-state index in [1.165, 1.54) is 29.4 Å². The molecule has 238 valence electrons. The van der Waals surface area contributed by atoms with Crippen LogP contribution in [0.4, 0.5) is 10.8 Å². The zero-order chi connectivity index (χ0) is 31.4. The zero-order valence-corrected chi connectivity index (χ0v) is 25.7. The summed E-state index contributed by atoms with van der Waals surface area (Å²) < 4.78 is 51.3. The molecule has 2 aromatic carbocycles. The van der Waals surface area contributed by atoms with E-state index >= 15 is 0 Å². The molecule has 3 heterocycles. The van der Waals surface area contributed by atoms with E-state index in [0.717, 1.165) is 12.0 Å². The van der Waals surface area contributed by atoms with Gasteiger partial charge in [-0.2, -0.15) is 9.29 Å².